The Morgan fingerprint density at radius 3 is 1.14 bits per heavy atom. The molecule has 0 fully saturated rings. The summed E-state index contributed by atoms with van der Waals surface area (Å²) in [5, 5.41) is 21.5. The van der Waals surface area contributed by atoms with Gasteiger partial charge in [-0.15, -0.1) is 0 Å². The minimum Gasteiger partial charge on any atom is -1.00 e. The van der Waals surface area contributed by atoms with Crippen molar-refractivity contribution in [2.24, 2.45) is 0 Å². The van der Waals surface area contributed by atoms with Crippen molar-refractivity contribution in [3.63, 3.8) is 0 Å². The molecule has 0 radical (unpaired) electrons. The van der Waals surface area contributed by atoms with E-state index in [1.165, 1.54) is 0 Å². The van der Waals surface area contributed by atoms with Gasteiger partial charge in [0.1, 0.15) is 0 Å². The van der Waals surface area contributed by atoms with E-state index >= 15 is 0 Å². The normalized spacial score (nSPS) is 3.86. The van der Waals surface area contributed by atoms with Crippen LogP contribution < -0.4 is 0 Å². The second kappa shape index (κ2) is 15.7. The van der Waals surface area contributed by atoms with Crippen LogP contribution in [0.2, 0.25) is 0 Å². The quantitative estimate of drug-likeness (QED) is 0.316. The molecule has 0 aliphatic carbocycles. The molecule has 5 N–H and O–H groups in total. The second-order valence-corrected chi connectivity index (χ2v) is 0.346. The molecule has 0 aliphatic heterocycles. The Morgan fingerprint density at radius 1 is 1.14 bits per heavy atom. The smallest absolute Gasteiger partial charge is 1.00 e. The summed E-state index contributed by atoms with van der Waals surface area (Å²) in [6, 6.07) is 0. The van der Waals surface area contributed by atoms with Crippen molar-refractivity contribution in [2.75, 3.05) is 0 Å². The van der Waals surface area contributed by atoms with E-state index in [1.54, 1.807) is 0 Å². The van der Waals surface area contributed by atoms with Gasteiger partial charge in [0.05, 0.1) is 0 Å². The molecule has 0 aromatic rings. The van der Waals surface area contributed by atoms with Gasteiger partial charge in [0.15, 0.2) is 0 Å². The Hall–Kier alpha value is 1.93. The summed E-state index contributed by atoms with van der Waals surface area (Å²) in [4.78, 5) is 0. The van der Waals surface area contributed by atoms with Gasteiger partial charge in [-0.2, -0.15) is 0 Å². The van der Waals surface area contributed by atoms with Gasteiger partial charge >= 0.3 is 68.1 Å². The molecule has 0 aliphatic rings. The molecule has 7 heteroatoms. The van der Waals surface area contributed by atoms with Crippen molar-refractivity contribution in [1.82, 2.24) is 0 Å². The van der Waals surface area contributed by atoms with Crippen LogP contribution in [0.25, 0.3) is 0 Å². The molecule has 0 spiro atoms. The molecule has 40 valence electrons. The molecule has 7 heavy (non-hydrogen) atoms. The topological polar surface area (TPSA) is 92.2 Å². The van der Waals surface area contributed by atoms with E-state index in [-0.39, 0.29) is 72.0 Å². The van der Waals surface area contributed by atoms with E-state index in [4.69, 9.17) is 15.1 Å². The van der Waals surface area contributed by atoms with E-state index in [0.717, 1.165) is 0 Å². The van der Waals surface area contributed by atoms with Crippen molar-refractivity contribution in [3.05, 3.63) is 0 Å². The predicted molar refractivity (Wildman–Crippen MR) is 32.0 cm³/mol. The molecule has 0 rings (SSSR count). The third kappa shape index (κ3) is 74.8. The standard InChI is InChI=1S/BH3O3.Ca.Mg.H2O.4H/c2-1(3)4;;;;;;;/h2-4H;;;1H2;;;;/q;2*+2;;4*-1. The molecule has 0 saturated carbocycles. The Kier molecular flexibility index (Phi) is 51.7. The monoisotopic (exact) mass is 148 g/mol. The average Bonchev–Trinajstić information content (AvgIpc) is 0.811. The molecular formula is H9BCaMgO4. The summed E-state index contributed by atoms with van der Waals surface area (Å²) in [6.07, 6.45) is 0. The molecular weight excluding hydrogens is 139 g/mol. The Bertz CT molecular complexity index is 26.8. The van der Waals surface area contributed by atoms with Gasteiger partial charge in [-0.25, -0.2) is 0 Å². The fourth-order valence-electron chi connectivity index (χ4n) is 0. The molecule has 4 nitrogen and oxygen atoms in total. The number of rotatable bonds is 0. The maximum atomic E-state index is 7.17. The molecule has 0 bridgehead atoms. The first kappa shape index (κ1) is 23.1. The van der Waals surface area contributed by atoms with E-state index in [9.17, 15) is 0 Å². The Balaban J connectivity index is -0.00000000214. The van der Waals surface area contributed by atoms with Crippen LogP contribution in [0.5, 0.6) is 0 Å². The van der Waals surface area contributed by atoms with Crippen LogP contribution in [0.4, 0.5) is 0 Å². The van der Waals surface area contributed by atoms with E-state index in [0.29, 0.717) is 0 Å². The minimum atomic E-state index is -2.17. The van der Waals surface area contributed by atoms with Crippen molar-refractivity contribution < 1.29 is 26.3 Å². The summed E-state index contributed by atoms with van der Waals surface area (Å²) < 4.78 is 0. The zero-order valence-corrected chi connectivity index (χ0v) is 7.46. The van der Waals surface area contributed by atoms with E-state index in [2.05, 4.69) is 0 Å². The predicted octanol–water partition coefficient (Wildman–Crippen LogP) is -3.19. The van der Waals surface area contributed by atoms with Crippen LogP contribution >= 0.6 is 0 Å². The van der Waals surface area contributed by atoms with E-state index in [1.807, 2.05) is 0 Å². The van der Waals surface area contributed by atoms with Crippen LogP contribution in [-0.2, 0) is 0 Å². The van der Waals surface area contributed by atoms with Crippen molar-refractivity contribution in [3.8, 4) is 0 Å². The van der Waals surface area contributed by atoms with Gasteiger partial charge < -0.3 is 26.3 Å². The van der Waals surface area contributed by atoms with Gasteiger partial charge in [-0.05, 0) is 0 Å². The maximum absolute atomic E-state index is 7.17. The van der Waals surface area contributed by atoms with Gasteiger partial charge in [0, 0.05) is 0 Å². The fraction of sp³-hybridized carbons (Fsp3) is 0. The summed E-state index contributed by atoms with van der Waals surface area (Å²) in [6.45, 7) is 0. The summed E-state index contributed by atoms with van der Waals surface area (Å²) in [7, 11) is -2.17. The number of hydrogen-bond acceptors (Lipinski definition) is 3. The van der Waals surface area contributed by atoms with Gasteiger partial charge in [0.2, 0.25) is 0 Å². The summed E-state index contributed by atoms with van der Waals surface area (Å²) >= 11 is 0. The molecule has 0 aromatic heterocycles. The van der Waals surface area contributed by atoms with Crippen molar-refractivity contribution >= 4 is 68.1 Å². The molecule has 0 atom stereocenters. The van der Waals surface area contributed by atoms with E-state index < -0.39 is 7.32 Å². The maximum Gasteiger partial charge on any atom is 2.00 e. The third-order valence-corrected chi connectivity index (χ3v) is 0. The first-order valence-corrected chi connectivity index (χ1v) is 0.775. The SMILES string of the molecule is O.OB(O)O.[Ca+2].[H-].[H-].[H-].[H-].[Mg+2]. The van der Waals surface area contributed by atoms with Crippen LogP contribution in [0, 0.1) is 0 Å². The largest absolute Gasteiger partial charge is 2.00 e. The van der Waals surface area contributed by atoms with Crippen LogP contribution in [-0.4, -0.2) is 88.7 Å². The first-order chi connectivity index (χ1) is 1.73. The zero-order chi connectivity index (χ0) is 3.58. The van der Waals surface area contributed by atoms with Crippen LogP contribution in [0.15, 0.2) is 0 Å². The number of hydrogen-bond donors (Lipinski definition) is 3. The Morgan fingerprint density at radius 2 is 1.14 bits per heavy atom. The van der Waals surface area contributed by atoms with Gasteiger partial charge in [-0.1, -0.05) is 0 Å². The molecule has 0 saturated heterocycles. The third-order valence-electron chi connectivity index (χ3n) is 0. The molecule has 0 amide bonds. The fourth-order valence-corrected chi connectivity index (χ4v) is 0. The summed E-state index contributed by atoms with van der Waals surface area (Å²) in [5.74, 6) is 0. The van der Waals surface area contributed by atoms with Crippen molar-refractivity contribution in [1.29, 1.82) is 0 Å². The Labute approximate surface area is 93.5 Å². The molecule has 0 aromatic carbocycles. The average molecular weight is 148 g/mol. The summed E-state index contributed by atoms with van der Waals surface area (Å²) in [5.41, 5.74) is 0. The first-order valence-electron chi connectivity index (χ1n) is 0.775. The molecule has 0 heterocycles. The second-order valence-electron chi connectivity index (χ2n) is 0.346. The van der Waals surface area contributed by atoms with Crippen molar-refractivity contribution in [2.45, 2.75) is 0 Å². The molecule has 0 unspecified atom stereocenters. The van der Waals surface area contributed by atoms with Crippen LogP contribution in [0.1, 0.15) is 5.71 Å². The van der Waals surface area contributed by atoms with Gasteiger partial charge in [0.25, 0.3) is 0 Å². The van der Waals surface area contributed by atoms with Gasteiger partial charge in [-0.3, -0.25) is 0 Å². The zero-order valence-electron chi connectivity index (χ0n) is 7.83. The minimum absolute atomic E-state index is 0. The van der Waals surface area contributed by atoms with Crippen LogP contribution in [0.3, 0.4) is 0 Å².